The largest absolute Gasteiger partial charge is 0.496 e. The molecule has 0 bridgehead atoms. The molecule has 28 heavy (non-hydrogen) atoms. The number of carbonyl (C=O) groups excluding carboxylic acids is 1. The van der Waals surface area contributed by atoms with E-state index in [2.05, 4.69) is 10.3 Å². The van der Waals surface area contributed by atoms with Crippen molar-refractivity contribution in [2.75, 3.05) is 21.3 Å². The number of aromatic nitrogens is 1. The van der Waals surface area contributed by atoms with Crippen LogP contribution in [0, 0.1) is 6.92 Å². The predicted molar refractivity (Wildman–Crippen MR) is 110 cm³/mol. The molecule has 6 nitrogen and oxygen atoms in total. The van der Waals surface area contributed by atoms with Gasteiger partial charge in [0.1, 0.15) is 15.6 Å². The highest BCUT2D eigenvalue weighted by Gasteiger charge is 2.17. The molecule has 0 aliphatic carbocycles. The Morgan fingerprint density at radius 1 is 1.00 bits per heavy atom. The molecule has 0 spiro atoms. The summed E-state index contributed by atoms with van der Waals surface area (Å²) in [6, 6.07) is 13.2. The number of nitrogens with zero attached hydrogens (tertiary/aromatic N) is 1. The molecule has 0 saturated carbocycles. The molecule has 0 aliphatic heterocycles. The Morgan fingerprint density at radius 3 is 2.43 bits per heavy atom. The van der Waals surface area contributed by atoms with Gasteiger partial charge < -0.3 is 19.5 Å². The standard InChI is InChI=1S/C21H22N2O4S/c1-13-19(20(24)22-12-15-7-5-6-8-16(15)25-2)28-21(23-13)14-9-10-17(26-3)18(11-14)27-4/h5-11H,12H2,1-4H3,(H,22,24). The molecule has 1 aromatic heterocycles. The van der Waals surface area contributed by atoms with E-state index in [0.717, 1.165) is 21.9 Å². The predicted octanol–water partition coefficient (Wildman–Crippen LogP) is 4.07. The zero-order chi connectivity index (χ0) is 20.1. The van der Waals surface area contributed by atoms with Crippen LogP contribution in [0.3, 0.4) is 0 Å². The molecule has 1 N–H and O–H groups in total. The third-order valence-corrected chi connectivity index (χ3v) is 5.47. The van der Waals surface area contributed by atoms with Crippen molar-refractivity contribution in [3.05, 3.63) is 58.6 Å². The summed E-state index contributed by atoms with van der Waals surface area (Å²) in [5.74, 6) is 1.85. The molecule has 3 rings (SSSR count). The number of amides is 1. The fraction of sp³-hybridized carbons (Fsp3) is 0.238. The number of para-hydroxylation sites is 1. The molecule has 0 fully saturated rings. The number of thiazole rings is 1. The lowest BCUT2D eigenvalue weighted by Gasteiger charge is -2.09. The number of hydrogen-bond donors (Lipinski definition) is 1. The van der Waals surface area contributed by atoms with Crippen molar-refractivity contribution in [3.63, 3.8) is 0 Å². The van der Waals surface area contributed by atoms with Gasteiger partial charge in [-0.25, -0.2) is 4.98 Å². The fourth-order valence-corrected chi connectivity index (χ4v) is 3.78. The van der Waals surface area contributed by atoms with Gasteiger partial charge in [0.05, 0.1) is 27.0 Å². The van der Waals surface area contributed by atoms with E-state index in [9.17, 15) is 4.79 Å². The average molecular weight is 398 g/mol. The smallest absolute Gasteiger partial charge is 0.263 e. The van der Waals surface area contributed by atoms with Gasteiger partial charge in [-0.3, -0.25) is 4.79 Å². The summed E-state index contributed by atoms with van der Waals surface area (Å²) < 4.78 is 16.0. The number of nitrogens with one attached hydrogen (secondary N) is 1. The molecule has 2 aromatic carbocycles. The number of benzene rings is 2. The van der Waals surface area contributed by atoms with Crippen LogP contribution in [-0.2, 0) is 6.54 Å². The van der Waals surface area contributed by atoms with Crippen LogP contribution in [0.5, 0.6) is 17.2 Å². The molecule has 0 aliphatic rings. The first-order chi connectivity index (χ1) is 13.6. The van der Waals surface area contributed by atoms with Crippen molar-refractivity contribution >= 4 is 17.2 Å². The van der Waals surface area contributed by atoms with Crippen LogP contribution in [0.25, 0.3) is 10.6 Å². The van der Waals surface area contributed by atoms with Gasteiger partial charge in [-0.15, -0.1) is 11.3 Å². The molecule has 0 radical (unpaired) electrons. The second-order valence-corrected chi connectivity index (χ2v) is 7.00. The average Bonchev–Trinajstić information content (AvgIpc) is 3.13. The monoisotopic (exact) mass is 398 g/mol. The molecule has 0 atom stereocenters. The Bertz CT molecular complexity index is 984. The van der Waals surface area contributed by atoms with E-state index >= 15 is 0 Å². The number of aryl methyl sites for hydroxylation is 1. The number of rotatable bonds is 7. The number of hydrogen-bond acceptors (Lipinski definition) is 6. The summed E-state index contributed by atoms with van der Waals surface area (Å²) in [6.45, 7) is 2.21. The maximum atomic E-state index is 12.7. The first-order valence-electron chi connectivity index (χ1n) is 8.67. The lowest BCUT2D eigenvalue weighted by molar-refractivity contribution is 0.0954. The zero-order valence-corrected chi connectivity index (χ0v) is 17.1. The molecule has 1 amide bonds. The minimum Gasteiger partial charge on any atom is -0.496 e. The van der Waals surface area contributed by atoms with Crippen LogP contribution in [0.1, 0.15) is 20.9 Å². The molecule has 146 valence electrons. The van der Waals surface area contributed by atoms with Crippen LogP contribution in [0.15, 0.2) is 42.5 Å². The van der Waals surface area contributed by atoms with Crippen molar-refractivity contribution in [3.8, 4) is 27.8 Å². The van der Waals surface area contributed by atoms with E-state index < -0.39 is 0 Å². The van der Waals surface area contributed by atoms with Crippen molar-refractivity contribution in [2.24, 2.45) is 0 Å². The lowest BCUT2D eigenvalue weighted by atomic mass is 10.2. The third kappa shape index (κ3) is 4.09. The maximum Gasteiger partial charge on any atom is 0.263 e. The minimum atomic E-state index is -0.160. The van der Waals surface area contributed by atoms with Gasteiger partial charge in [-0.1, -0.05) is 18.2 Å². The Kier molecular flexibility index (Phi) is 6.16. The third-order valence-electron chi connectivity index (χ3n) is 4.27. The van der Waals surface area contributed by atoms with Gasteiger partial charge in [0.15, 0.2) is 11.5 Å². The van der Waals surface area contributed by atoms with Crippen LogP contribution in [-0.4, -0.2) is 32.2 Å². The van der Waals surface area contributed by atoms with Crippen LogP contribution in [0.4, 0.5) is 0 Å². The first-order valence-corrected chi connectivity index (χ1v) is 9.49. The van der Waals surface area contributed by atoms with Gasteiger partial charge >= 0.3 is 0 Å². The molecule has 1 heterocycles. The highest BCUT2D eigenvalue weighted by Crippen LogP contribution is 2.35. The van der Waals surface area contributed by atoms with E-state index in [4.69, 9.17) is 14.2 Å². The van der Waals surface area contributed by atoms with Gasteiger partial charge in [0.2, 0.25) is 0 Å². The van der Waals surface area contributed by atoms with E-state index in [1.54, 1.807) is 21.3 Å². The summed E-state index contributed by atoms with van der Waals surface area (Å²) in [5, 5.41) is 3.69. The highest BCUT2D eigenvalue weighted by molar-refractivity contribution is 7.17. The molecule has 0 saturated heterocycles. The van der Waals surface area contributed by atoms with Crippen molar-refractivity contribution < 1.29 is 19.0 Å². The Balaban J connectivity index is 1.79. The van der Waals surface area contributed by atoms with Crippen molar-refractivity contribution in [1.82, 2.24) is 10.3 Å². The van der Waals surface area contributed by atoms with Gasteiger partial charge in [-0.2, -0.15) is 0 Å². The maximum absolute atomic E-state index is 12.7. The first kappa shape index (κ1) is 19.7. The summed E-state index contributed by atoms with van der Waals surface area (Å²) in [5.41, 5.74) is 2.47. The lowest BCUT2D eigenvalue weighted by Crippen LogP contribution is -2.22. The van der Waals surface area contributed by atoms with E-state index in [1.807, 2.05) is 49.4 Å². The Morgan fingerprint density at radius 2 is 1.71 bits per heavy atom. The van der Waals surface area contributed by atoms with E-state index in [1.165, 1.54) is 11.3 Å². The van der Waals surface area contributed by atoms with Crippen molar-refractivity contribution in [2.45, 2.75) is 13.5 Å². The van der Waals surface area contributed by atoms with E-state index in [0.29, 0.717) is 28.6 Å². The second kappa shape index (κ2) is 8.75. The van der Waals surface area contributed by atoms with Crippen molar-refractivity contribution in [1.29, 1.82) is 0 Å². The van der Waals surface area contributed by atoms with Gasteiger partial charge in [-0.05, 0) is 31.2 Å². The molecule has 0 unspecified atom stereocenters. The normalized spacial score (nSPS) is 10.4. The SMILES string of the molecule is COc1ccccc1CNC(=O)c1sc(-c2ccc(OC)c(OC)c2)nc1C. The number of carbonyl (C=O) groups is 1. The van der Waals surface area contributed by atoms with E-state index in [-0.39, 0.29) is 5.91 Å². The zero-order valence-electron chi connectivity index (χ0n) is 16.2. The molecular weight excluding hydrogens is 376 g/mol. The summed E-state index contributed by atoms with van der Waals surface area (Å²) in [6.07, 6.45) is 0. The number of ether oxygens (including phenoxy) is 3. The summed E-state index contributed by atoms with van der Waals surface area (Å²) in [4.78, 5) is 17.8. The highest BCUT2D eigenvalue weighted by atomic mass is 32.1. The minimum absolute atomic E-state index is 0.160. The molecule has 7 heteroatoms. The fourth-order valence-electron chi connectivity index (χ4n) is 2.80. The van der Waals surface area contributed by atoms with Crippen LogP contribution < -0.4 is 19.5 Å². The van der Waals surface area contributed by atoms with Crippen LogP contribution in [0.2, 0.25) is 0 Å². The summed E-state index contributed by atoms with van der Waals surface area (Å²) >= 11 is 1.35. The molecular formula is C21H22N2O4S. The Hall–Kier alpha value is -3.06. The second-order valence-electron chi connectivity index (χ2n) is 6.00. The summed E-state index contributed by atoms with van der Waals surface area (Å²) in [7, 11) is 4.80. The Labute approximate surface area is 168 Å². The van der Waals surface area contributed by atoms with Crippen LogP contribution >= 0.6 is 11.3 Å². The topological polar surface area (TPSA) is 69.7 Å². The van der Waals surface area contributed by atoms with Gasteiger partial charge in [0.25, 0.3) is 5.91 Å². The quantitative estimate of drug-likeness (QED) is 0.650. The number of methoxy groups -OCH3 is 3. The molecule has 3 aromatic rings. The van der Waals surface area contributed by atoms with Gasteiger partial charge in [0, 0.05) is 17.7 Å².